The molecular formula is C30H31N5O5S. The number of carbonyl (C=O) groups is 3. The van der Waals surface area contributed by atoms with E-state index in [-0.39, 0.29) is 18.2 Å². The number of rotatable bonds is 11. The summed E-state index contributed by atoms with van der Waals surface area (Å²) in [5.41, 5.74) is 7.40. The first-order chi connectivity index (χ1) is 19.9. The molecule has 3 amide bonds. The van der Waals surface area contributed by atoms with Crippen molar-refractivity contribution >= 4 is 29.2 Å². The van der Waals surface area contributed by atoms with Crippen molar-refractivity contribution < 1.29 is 23.9 Å². The van der Waals surface area contributed by atoms with Crippen molar-refractivity contribution in [3.63, 3.8) is 0 Å². The van der Waals surface area contributed by atoms with Gasteiger partial charge in [-0.2, -0.15) is 0 Å². The number of hydrogen-bond acceptors (Lipinski definition) is 8. The Kier molecular flexibility index (Phi) is 10.4. The van der Waals surface area contributed by atoms with Gasteiger partial charge in [-0.1, -0.05) is 62.4 Å². The number of alkyl carbamates (subject to hydrolysis) is 1. The van der Waals surface area contributed by atoms with Crippen molar-refractivity contribution in [2.45, 2.75) is 39.5 Å². The normalized spacial score (nSPS) is 11.4. The van der Waals surface area contributed by atoms with Gasteiger partial charge >= 0.3 is 6.09 Å². The number of hydrogen-bond donors (Lipinski definition) is 3. The number of carbonyl (C=O) groups excluding carboxylic acids is 3. The van der Waals surface area contributed by atoms with Crippen molar-refractivity contribution in [2.24, 2.45) is 5.92 Å². The molecule has 0 aliphatic heterocycles. The molecule has 0 radical (unpaired) electrons. The highest BCUT2D eigenvalue weighted by molar-refractivity contribution is 7.13. The Morgan fingerprint density at radius 2 is 1.66 bits per heavy atom. The highest BCUT2D eigenvalue weighted by atomic mass is 32.1. The maximum Gasteiger partial charge on any atom is 0.408 e. The van der Waals surface area contributed by atoms with Crippen molar-refractivity contribution in [3.05, 3.63) is 101 Å². The summed E-state index contributed by atoms with van der Waals surface area (Å²) in [7, 11) is 0. The number of nitrogens with one attached hydrogen (secondary N) is 3. The molecule has 0 aliphatic rings. The van der Waals surface area contributed by atoms with Crippen LogP contribution in [0.5, 0.6) is 5.75 Å². The predicted octanol–water partition coefficient (Wildman–Crippen LogP) is 4.89. The molecule has 11 heteroatoms. The molecule has 2 aromatic heterocycles. The monoisotopic (exact) mass is 573 g/mol. The van der Waals surface area contributed by atoms with Gasteiger partial charge in [-0.3, -0.25) is 25.4 Å². The first-order valence-corrected chi connectivity index (χ1v) is 13.9. The fourth-order valence-electron chi connectivity index (χ4n) is 3.79. The maximum atomic E-state index is 12.8. The van der Waals surface area contributed by atoms with Crippen LogP contribution in [0.2, 0.25) is 0 Å². The smallest absolute Gasteiger partial charge is 0.408 e. The van der Waals surface area contributed by atoms with Gasteiger partial charge < -0.3 is 14.8 Å². The van der Waals surface area contributed by atoms with Crippen LogP contribution in [0.1, 0.15) is 41.9 Å². The van der Waals surface area contributed by atoms with E-state index in [0.717, 1.165) is 11.1 Å². The summed E-state index contributed by atoms with van der Waals surface area (Å²) in [4.78, 5) is 46.4. The quantitative estimate of drug-likeness (QED) is 0.218. The summed E-state index contributed by atoms with van der Waals surface area (Å²) in [5.74, 6) is -0.444. The fourth-order valence-corrected chi connectivity index (χ4v) is 4.62. The van der Waals surface area contributed by atoms with Crippen molar-refractivity contribution in [3.8, 4) is 16.3 Å². The summed E-state index contributed by atoms with van der Waals surface area (Å²) in [6.07, 6.45) is 2.79. The van der Waals surface area contributed by atoms with Gasteiger partial charge in [-0.25, -0.2) is 9.78 Å². The van der Waals surface area contributed by atoms with E-state index in [1.54, 1.807) is 29.9 Å². The van der Waals surface area contributed by atoms with Gasteiger partial charge in [0.25, 0.3) is 11.8 Å². The lowest BCUT2D eigenvalue weighted by molar-refractivity contribution is -0.124. The largest absolute Gasteiger partial charge is 0.488 e. The molecule has 0 saturated carbocycles. The summed E-state index contributed by atoms with van der Waals surface area (Å²) < 4.78 is 11.2. The summed E-state index contributed by atoms with van der Waals surface area (Å²) in [6, 6.07) is 19.9. The summed E-state index contributed by atoms with van der Waals surface area (Å²) in [5, 5.41) is 4.76. The van der Waals surface area contributed by atoms with Crippen LogP contribution in [0.3, 0.4) is 0 Å². The standard InChI is InChI=1S/C30H31N5O5S/c1-20(2)15-24(33-30(38)40-18-22-11-8-14-31-16-22)27(36)34-35-28(37)25-19-41-29(32-25)23-12-6-7-13-26(23)39-17-21-9-4-3-5-10-21/h3-14,16,19-20,24H,15,17-18H2,1-2H3,(H,33,38)(H,34,36)(H,35,37)/t24-/m1/s1. The Morgan fingerprint density at radius 1 is 0.902 bits per heavy atom. The van der Waals surface area contributed by atoms with Crippen LogP contribution in [0.4, 0.5) is 4.79 Å². The molecular weight excluding hydrogens is 542 g/mol. The van der Waals surface area contributed by atoms with Gasteiger partial charge in [0.1, 0.15) is 35.7 Å². The van der Waals surface area contributed by atoms with Crippen LogP contribution in [0, 0.1) is 5.92 Å². The zero-order valence-electron chi connectivity index (χ0n) is 22.7. The van der Waals surface area contributed by atoms with E-state index in [2.05, 4.69) is 26.1 Å². The average Bonchev–Trinajstić information content (AvgIpc) is 3.49. The minimum absolute atomic E-state index is 0.0129. The number of ether oxygens (including phenoxy) is 2. The van der Waals surface area contributed by atoms with Crippen LogP contribution in [0.25, 0.3) is 10.6 Å². The van der Waals surface area contributed by atoms with E-state index in [0.29, 0.717) is 29.3 Å². The van der Waals surface area contributed by atoms with Crippen LogP contribution in [0.15, 0.2) is 84.5 Å². The van der Waals surface area contributed by atoms with E-state index in [1.165, 1.54) is 11.3 Å². The molecule has 4 rings (SSSR count). The third-order valence-electron chi connectivity index (χ3n) is 5.80. The molecule has 4 aromatic rings. The second-order valence-corrected chi connectivity index (χ2v) is 10.4. The molecule has 0 saturated heterocycles. The zero-order chi connectivity index (χ0) is 29.0. The molecule has 0 spiro atoms. The highest BCUT2D eigenvalue weighted by Crippen LogP contribution is 2.32. The van der Waals surface area contributed by atoms with Gasteiger partial charge in [0, 0.05) is 23.3 Å². The van der Waals surface area contributed by atoms with Crippen molar-refractivity contribution in [1.29, 1.82) is 0 Å². The third-order valence-corrected chi connectivity index (χ3v) is 6.67. The van der Waals surface area contributed by atoms with E-state index in [9.17, 15) is 14.4 Å². The summed E-state index contributed by atoms with van der Waals surface area (Å²) >= 11 is 1.29. The Hall–Kier alpha value is -4.77. The third kappa shape index (κ3) is 8.87. The Bertz CT molecular complexity index is 1450. The first-order valence-electron chi connectivity index (χ1n) is 13.0. The van der Waals surface area contributed by atoms with Crippen LogP contribution >= 0.6 is 11.3 Å². The Balaban J connectivity index is 1.33. The number of hydrazine groups is 1. The van der Waals surface area contributed by atoms with Gasteiger partial charge in [0.2, 0.25) is 0 Å². The van der Waals surface area contributed by atoms with E-state index in [4.69, 9.17) is 9.47 Å². The second-order valence-electron chi connectivity index (χ2n) is 9.52. The summed E-state index contributed by atoms with van der Waals surface area (Å²) in [6.45, 7) is 4.24. The Morgan fingerprint density at radius 3 is 2.41 bits per heavy atom. The van der Waals surface area contributed by atoms with Crippen molar-refractivity contribution in [2.75, 3.05) is 0 Å². The minimum Gasteiger partial charge on any atom is -0.488 e. The number of amides is 3. The average molecular weight is 574 g/mol. The SMILES string of the molecule is CC(C)C[C@@H](NC(=O)OCc1cccnc1)C(=O)NNC(=O)c1csc(-c2ccccc2OCc2ccccc2)n1. The van der Waals surface area contributed by atoms with Crippen LogP contribution in [-0.2, 0) is 22.7 Å². The molecule has 0 aliphatic carbocycles. The lowest BCUT2D eigenvalue weighted by Crippen LogP contribution is -2.52. The van der Waals surface area contributed by atoms with Crippen LogP contribution in [-0.4, -0.2) is 33.9 Å². The predicted molar refractivity (Wildman–Crippen MR) is 155 cm³/mol. The highest BCUT2D eigenvalue weighted by Gasteiger charge is 2.24. The molecule has 3 N–H and O–H groups in total. The van der Waals surface area contributed by atoms with E-state index >= 15 is 0 Å². The fraction of sp³-hybridized carbons (Fsp3) is 0.233. The number of benzene rings is 2. The van der Waals surface area contributed by atoms with Gasteiger partial charge in [0.15, 0.2) is 0 Å². The van der Waals surface area contributed by atoms with E-state index < -0.39 is 23.9 Å². The number of thiazole rings is 1. The zero-order valence-corrected chi connectivity index (χ0v) is 23.5. The number of nitrogens with zero attached hydrogens (tertiary/aromatic N) is 2. The lowest BCUT2D eigenvalue weighted by atomic mass is 10.0. The molecule has 1 atom stereocenters. The molecule has 10 nitrogen and oxygen atoms in total. The number of para-hydroxylation sites is 1. The topological polar surface area (TPSA) is 132 Å². The second kappa shape index (κ2) is 14.6. The van der Waals surface area contributed by atoms with Gasteiger partial charge in [-0.15, -0.1) is 11.3 Å². The molecule has 0 unspecified atom stereocenters. The lowest BCUT2D eigenvalue weighted by Gasteiger charge is -2.20. The molecule has 41 heavy (non-hydrogen) atoms. The first kappa shape index (κ1) is 29.2. The Labute approximate surface area is 242 Å². The molecule has 0 bridgehead atoms. The maximum absolute atomic E-state index is 12.8. The van der Waals surface area contributed by atoms with Gasteiger partial charge in [0.05, 0.1) is 5.56 Å². The molecule has 2 heterocycles. The van der Waals surface area contributed by atoms with E-state index in [1.807, 2.05) is 68.4 Å². The molecule has 2 aromatic carbocycles. The van der Waals surface area contributed by atoms with Gasteiger partial charge in [-0.05, 0) is 36.1 Å². The van der Waals surface area contributed by atoms with Crippen molar-refractivity contribution in [1.82, 2.24) is 26.1 Å². The number of aromatic nitrogens is 2. The number of pyridine rings is 1. The minimum atomic E-state index is -0.920. The van der Waals surface area contributed by atoms with Crippen LogP contribution < -0.4 is 20.9 Å². The molecule has 0 fully saturated rings. The molecule has 212 valence electrons.